The molecule has 2 aromatic heterocycles. The Morgan fingerprint density at radius 3 is 2.53 bits per heavy atom. The lowest BCUT2D eigenvalue weighted by molar-refractivity contribution is 0.708. The van der Waals surface area contributed by atoms with Crippen LogP contribution in [-0.2, 0) is 6.54 Å². The van der Waals surface area contributed by atoms with Crippen LogP contribution in [0.5, 0.6) is 0 Å². The minimum atomic E-state index is -0.622. The van der Waals surface area contributed by atoms with Crippen molar-refractivity contribution >= 4 is 0 Å². The number of H-pyrrole nitrogens is 3. The molecule has 2 aromatic rings. The van der Waals surface area contributed by atoms with Gasteiger partial charge in [0, 0.05) is 18.5 Å². The zero-order valence-corrected chi connectivity index (χ0v) is 8.52. The average molecular weight is 236 g/mol. The Kier molecular flexibility index (Phi) is 2.61. The van der Waals surface area contributed by atoms with Crippen LogP contribution in [0.1, 0.15) is 5.56 Å². The monoisotopic (exact) mass is 236 g/mol. The van der Waals surface area contributed by atoms with Gasteiger partial charge in [0.2, 0.25) is 0 Å². The summed E-state index contributed by atoms with van der Waals surface area (Å²) in [6.07, 6.45) is 2.49. The van der Waals surface area contributed by atoms with Gasteiger partial charge in [0.15, 0.2) is 0 Å². The van der Waals surface area contributed by atoms with Gasteiger partial charge in [0.05, 0.1) is 12.1 Å². The SMILES string of the molecule is O=c1ccn(Cc2c[nH]c(=O)[nH]c2=O)c(=O)[nH]1. The van der Waals surface area contributed by atoms with E-state index in [0.717, 1.165) is 4.57 Å². The van der Waals surface area contributed by atoms with Crippen molar-refractivity contribution in [1.82, 2.24) is 19.5 Å². The van der Waals surface area contributed by atoms with Crippen LogP contribution in [0.25, 0.3) is 0 Å². The summed E-state index contributed by atoms with van der Waals surface area (Å²) in [6, 6.07) is 1.17. The molecule has 0 aromatic carbocycles. The predicted octanol–water partition coefficient (Wildman–Crippen LogP) is -2.04. The topological polar surface area (TPSA) is 121 Å². The van der Waals surface area contributed by atoms with Crippen LogP contribution in [0.4, 0.5) is 0 Å². The molecular formula is C9H8N4O4. The molecule has 0 fully saturated rings. The second kappa shape index (κ2) is 4.08. The summed E-state index contributed by atoms with van der Waals surface area (Å²) < 4.78 is 1.14. The van der Waals surface area contributed by atoms with Crippen LogP contribution >= 0.6 is 0 Å². The highest BCUT2D eigenvalue weighted by Crippen LogP contribution is 1.87. The molecule has 0 radical (unpaired) electrons. The van der Waals surface area contributed by atoms with Gasteiger partial charge in [-0.15, -0.1) is 0 Å². The fourth-order valence-electron chi connectivity index (χ4n) is 1.31. The van der Waals surface area contributed by atoms with Crippen molar-refractivity contribution < 1.29 is 0 Å². The summed E-state index contributed by atoms with van der Waals surface area (Å²) in [4.78, 5) is 50.7. The van der Waals surface area contributed by atoms with E-state index in [1.165, 1.54) is 18.5 Å². The smallest absolute Gasteiger partial charge is 0.314 e. The van der Waals surface area contributed by atoms with Crippen LogP contribution in [0, 0.1) is 0 Å². The van der Waals surface area contributed by atoms with Gasteiger partial charge in [0.25, 0.3) is 11.1 Å². The Labute approximate surface area is 92.6 Å². The highest BCUT2D eigenvalue weighted by Gasteiger charge is 2.03. The van der Waals surface area contributed by atoms with Crippen molar-refractivity contribution in [3.63, 3.8) is 0 Å². The first-order valence-electron chi connectivity index (χ1n) is 4.67. The highest BCUT2D eigenvalue weighted by atomic mass is 16.2. The molecule has 8 nitrogen and oxygen atoms in total. The van der Waals surface area contributed by atoms with Crippen molar-refractivity contribution in [2.75, 3.05) is 0 Å². The molecule has 0 bridgehead atoms. The van der Waals surface area contributed by atoms with E-state index < -0.39 is 22.5 Å². The maximum atomic E-state index is 11.4. The minimum Gasteiger partial charge on any atom is -0.314 e. The van der Waals surface area contributed by atoms with E-state index in [1.807, 2.05) is 4.98 Å². The third-order valence-electron chi connectivity index (χ3n) is 2.13. The summed E-state index contributed by atoms with van der Waals surface area (Å²) in [7, 11) is 0. The first-order chi connectivity index (χ1) is 8.06. The molecule has 88 valence electrons. The maximum absolute atomic E-state index is 11.4. The van der Waals surface area contributed by atoms with Crippen LogP contribution in [0.15, 0.2) is 37.6 Å². The molecule has 2 heterocycles. The van der Waals surface area contributed by atoms with Gasteiger partial charge in [-0.3, -0.25) is 24.1 Å². The van der Waals surface area contributed by atoms with Crippen molar-refractivity contribution in [1.29, 1.82) is 0 Å². The number of rotatable bonds is 2. The van der Waals surface area contributed by atoms with Crippen LogP contribution in [0.2, 0.25) is 0 Å². The summed E-state index contributed by atoms with van der Waals surface area (Å²) in [5, 5.41) is 0. The lowest BCUT2D eigenvalue weighted by Crippen LogP contribution is -2.32. The van der Waals surface area contributed by atoms with Gasteiger partial charge in [-0.05, 0) is 0 Å². The molecule has 0 aliphatic carbocycles. The lowest BCUT2D eigenvalue weighted by atomic mass is 10.3. The highest BCUT2D eigenvalue weighted by molar-refractivity contribution is 5.04. The summed E-state index contributed by atoms with van der Waals surface area (Å²) in [5.41, 5.74) is -2.12. The Hall–Kier alpha value is -2.64. The first kappa shape index (κ1) is 10.9. The Morgan fingerprint density at radius 2 is 1.88 bits per heavy atom. The predicted molar refractivity (Wildman–Crippen MR) is 58.1 cm³/mol. The molecule has 0 aliphatic heterocycles. The lowest BCUT2D eigenvalue weighted by Gasteiger charge is -2.02. The Bertz CT molecular complexity index is 698. The van der Waals surface area contributed by atoms with Crippen LogP contribution < -0.4 is 22.5 Å². The Balaban J connectivity index is 2.45. The van der Waals surface area contributed by atoms with Crippen molar-refractivity contribution in [2.45, 2.75) is 6.54 Å². The van der Waals surface area contributed by atoms with Gasteiger partial charge >= 0.3 is 11.4 Å². The first-order valence-corrected chi connectivity index (χ1v) is 4.67. The molecule has 2 rings (SSSR count). The number of nitrogens with zero attached hydrogens (tertiary/aromatic N) is 1. The molecule has 0 aliphatic rings. The fourth-order valence-corrected chi connectivity index (χ4v) is 1.31. The second-order valence-corrected chi connectivity index (χ2v) is 3.34. The van der Waals surface area contributed by atoms with E-state index in [9.17, 15) is 19.2 Å². The van der Waals surface area contributed by atoms with Crippen LogP contribution in [0.3, 0.4) is 0 Å². The second-order valence-electron chi connectivity index (χ2n) is 3.34. The number of aromatic amines is 3. The molecule has 0 unspecified atom stereocenters. The molecule has 0 spiro atoms. The van der Waals surface area contributed by atoms with E-state index in [4.69, 9.17) is 0 Å². The number of hydrogen-bond donors (Lipinski definition) is 3. The molecular weight excluding hydrogens is 228 g/mol. The third kappa shape index (κ3) is 2.30. The van der Waals surface area contributed by atoms with Gasteiger partial charge in [-0.25, -0.2) is 9.59 Å². The summed E-state index contributed by atoms with van der Waals surface area (Å²) in [6.45, 7) is -0.0400. The molecule has 0 saturated heterocycles. The third-order valence-corrected chi connectivity index (χ3v) is 2.13. The van der Waals surface area contributed by atoms with E-state index in [2.05, 4.69) is 9.97 Å². The molecule has 0 saturated carbocycles. The summed E-state index contributed by atoms with van der Waals surface area (Å²) >= 11 is 0. The quantitative estimate of drug-likeness (QED) is 0.556. The van der Waals surface area contributed by atoms with Crippen molar-refractivity contribution in [3.05, 3.63) is 65.7 Å². The number of hydrogen-bond acceptors (Lipinski definition) is 4. The van der Waals surface area contributed by atoms with E-state index >= 15 is 0 Å². The molecule has 3 N–H and O–H groups in total. The molecule has 0 atom stereocenters. The number of aromatic nitrogens is 4. The van der Waals surface area contributed by atoms with Gasteiger partial charge < -0.3 is 4.98 Å². The van der Waals surface area contributed by atoms with Crippen molar-refractivity contribution in [3.8, 4) is 0 Å². The zero-order chi connectivity index (χ0) is 12.4. The zero-order valence-electron chi connectivity index (χ0n) is 8.52. The molecule has 17 heavy (non-hydrogen) atoms. The Morgan fingerprint density at radius 1 is 1.12 bits per heavy atom. The fraction of sp³-hybridized carbons (Fsp3) is 0.111. The molecule has 0 amide bonds. The minimum absolute atomic E-state index is 0.0400. The van der Waals surface area contributed by atoms with E-state index in [-0.39, 0.29) is 12.1 Å². The maximum Gasteiger partial charge on any atom is 0.328 e. The van der Waals surface area contributed by atoms with Crippen LogP contribution in [-0.4, -0.2) is 19.5 Å². The largest absolute Gasteiger partial charge is 0.328 e. The van der Waals surface area contributed by atoms with Gasteiger partial charge in [-0.1, -0.05) is 0 Å². The summed E-state index contributed by atoms with van der Waals surface area (Å²) in [5.74, 6) is 0. The number of nitrogens with one attached hydrogen (secondary N) is 3. The standard InChI is InChI=1S/C9H8N4O4/c14-6-1-2-13(9(17)11-6)4-5-3-10-8(16)12-7(5)15/h1-3H,4H2,(H,11,14,17)(H2,10,12,15,16). The molecule has 8 heteroatoms. The van der Waals surface area contributed by atoms with E-state index in [0.29, 0.717) is 0 Å². The van der Waals surface area contributed by atoms with Crippen molar-refractivity contribution in [2.24, 2.45) is 0 Å². The normalized spacial score (nSPS) is 10.4. The average Bonchev–Trinajstić information content (AvgIpc) is 2.25. The van der Waals surface area contributed by atoms with Gasteiger partial charge in [-0.2, -0.15) is 0 Å². The van der Waals surface area contributed by atoms with Gasteiger partial charge in [0.1, 0.15) is 0 Å². The van der Waals surface area contributed by atoms with E-state index in [1.54, 1.807) is 0 Å².